The summed E-state index contributed by atoms with van der Waals surface area (Å²) in [5, 5.41) is 14.5. The maximum Gasteiger partial charge on any atom is 0.251 e. The van der Waals surface area contributed by atoms with Crippen LogP contribution < -0.4 is 5.32 Å². The Morgan fingerprint density at radius 2 is 1.81 bits per heavy atom. The molecule has 0 spiro atoms. The molecule has 5 nitrogen and oxygen atoms in total. The molecule has 0 saturated carbocycles. The zero-order chi connectivity index (χ0) is 22.5. The summed E-state index contributed by atoms with van der Waals surface area (Å²) in [4.78, 5) is 12.8. The van der Waals surface area contributed by atoms with Crippen molar-refractivity contribution in [2.75, 3.05) is 12.3 Å². The number of hydrogen-bond donors (Lipinski definition) is 1. The van der Waals surface area contributed by atoms with Gasteiger partial charge >= 0.3 is 0 Å². The third kappa shape index (κ3) is 5.00. The highest BCUT2D eigenvalue weighted by Crippen LogP contribution is 2.25. The van der Waals surface area contributed by atoms with Crippen molar-refractivity contribution in [3.63, 3.8) is 0 Å². The van der Waals surface area contributed by atoms with Gasteiger partial charge < -0.3 is 5.32 Å². The van der Waals surface area contributed by atoms with E-state index in [0.29, 0.717) is 40.3 Å². The van der Waals surface area contributed by atoms with Gasteiger partial charge in [-0.3, -0.25) is 9.36 Å². The van der Waals surface area contributed by atoms with Gasteiger partial charge in [0.25, 0.3) is 5.91 Å². The Morgan fingerprint density at radius 1 is 1.06 bits per heavy atom. The van der Waals surface area contributed by atoms with Crippen molar-refractivity contribution in [2.24, 2.45) is 0 Å². The summed E-state index contributed by atoms with van der Waals surface area (Å²) in [6.45, 7) is 4.07. The molecule has 1 aromatic heterocycles. The number of halogens is 2. The third-order valence-corrected chi connectivity index (χ3v) is 6.12. The third-order valence-electron chi connectivity index (χ3n) is 4.81. The first kappa shape index (κ1) is 22.0. The molecule has 3 aromatic carbocycles. The second-order valence-corrected chi connectivity index (χ2v) is 8.53. The molecule has 32 heavy (non-hydrogen) atoms. The number of nitrogens with one attached hydrogen (secondary N) is 1. The number of aromatic nitrogens is 3. The van der Waals surface area contributed by atoms with Crippen LogP contribution in [-0.2, 0) is 6.42 Å². The molecular formula is C24H20ClFN4OS. The monoisotopic (exact) mass is 466 g/mol. The first-order chi connectivity index (χ1) is 15.5. The fourth-order valence-corrected chi connectivity index (χ4v) is 4.24. The Kier molecular flexibility index (Phi) is 6.87. The lowest BCUT2D eigenvalue weighted by Gasteiger charge is -2.11. The van der Waals surface area contributed by atoms with Crippen LogP contribution in [0.2, 0.25) is 0 Å². The lowest BCUT2D eigenvalue weighted by atomic mass is 10.0. The molecule has 162 valence electrons. The molecule has 4 aromatic rings. The van der Waals surface area contributed by atoms with Gasteiger partial charge in [0.1, 0.15) is 11.6 Å². The number of rotatable bonds is 8. The van der Waals surface area contributed by atoms with E-state index in [4.69, 9.17) is 11.6 Å². The van der Waals surface area contributed by atoms with Gasteiger partial charge in [0.15, 0.2) is 5.16 Å². The minimum Gasteiger partial charge on any atom is -0.352 e. The fourth-order valence-electron chi connectivity index (χ4n) is 3.35. The van der Waals surface area contributed by atoms with E-state index in [9.17, 15) is 9.18 Å². The van der Waals surface area contributed by atoms with Crippen LogP contribution in [0.25, 0.3) is 16.5 Å². The molecule has 4 rings (SSSR count). The highest BCUT2D eigenvalue weighted by Gasteiger charge is 2.16. The normalized spacial score (nSPS) is 10.9. The van der Waals surface area contributed by atoms with Crippen LogP contribution in [0.3, 0.4) is 0 Å². The molecule has 0 bridgehead atoms. The van der Waals surface area contributed by atoms with Crippen LogP contribution in [-0.4, -0.2) is 33.0 Å². The Hall–Kier alpha value is -3.16. The topological polar surface area (TPSA) is 59.8 Å². The molecule has 0 aliphatic carbocycles. The largest absolute Gasteiger partial charge is 0.352 e. The van der Waals surface area contributed by atoms with Gasteiger partial charge in [0.05, 0.1) is 0 Å². The van der Waals surface area contributed by atoms with E-state index < -0.39 is 0 Å². The number of benzene rings is 3. The van der Waals surface area contributed by atoms with Crippen LogP contribution in [0.5, 0.6) is 0 Å². The molecular weight excluding hydrogens is 447 g/mol. The minimum atomic E-state index is -0.325. The lowest BCUT2D eigenvalue weighted by Crippen LogP contribution is -2.26. The molecule has 0 aliphatic rings. The van der Waals surface area contributed by atoms with Crippen LogP contribution in [0.4, 0.5) is 4.39 Å². The van der Waals surface area contributed by atoms with Crippen molar-refractivity contribution >= 4 is 40.0 Å². The van der Waals surface area contributed by atoms with Crippen molar-refractivity contribution in [1.82, 2.24) is 20.1 Å². The number of carbonyl (C=O) groups excluding carboxylic acids is 1. The highest BCUT2D eigenvalue weighted by molar-refractivity contribution is 7.99. The predicted octanol–water partition coefficient (Wildman–Crippen LogP) is 5.38. The number of nitrogens with zero attached hydrogens (tertiary/aromatic N) is 3. The molecule has 0 saturated heterocycles. The Bertz CT molecular complexity index is 1270. The molecule has 0 unspecified atom stereocenters. The van der Waals surface area contributed by atoms with E-state index in [1.807, 2.05) is 47.0 Å². The summed E-state index contributed by atoms with van der Waals surface area (Å²) >= 11 is 7.29. The van der Waals surface area contributed by atoms with Crippen molar-refractivity contribution in [2.45, 2.75) is 11.6 Å². The Labute approximate surface area is 194 Å². The van der Waals surface area contributed by atoms with Crippen molar-refractivity contribution < 1.29 is 9.18 Å². The molecule has 1 amide bonds. The Balaban J connectivity index is 1.52. The summed E-state index contributed by atoms with van der Waals surface area (Å²) in [5.74, 6) is 0.646. The van der Waals surface area contributed by atoms with E-state index in [2.05, 4.69) is 22.1 Å². The maximum absolute atomic E-state index is 13.4. The predicted molar refractivity (Wildman–Crippen MR) is 127 cm³/mol. The van der Waals surface area contributed by atoms with Crippen molar-refractivity contribution in [3.8, 4) is 5.69 Å². The standard InChI is InChI=1S/C24H20ClFN4OS/c1-16(25)15-32-24-29-28-22(30(24)19-11-9-18(26)10-12-19)13-14-27-23(31)21-8-4-6-17-5-2-3-7-20(17)21/h2-12H,1,13-15H2,(H,27,31). The van der Waals surface area contributed by atoms with Gasteiger partial charge in [-0.25, -0.2) is 4.39 Å². The van der Waals surface area contributed by atoms with Gasteiger partial charge in [0.2, 0.25) is 0 Å². The quantitative estimate of drug-likeness (QED) is 0.354. The maximum atomic E-state index is 13.4. The van der Waals surface area contributed by atoms with Crippen LogP contribution in [0, 0.1) is 5.82 Å². The van der Waals surface area contributed by atoms with Gasteiger partial charge in [-0.05, 0) is 41.1 Å². The zero-order valence-electron chi connectivity index (χ0n) is 17.1. The number of amides is 1. The number of hydrogen-bond acceptors (Lipinski definition) is 4. The SMILES string of the molecule is C=C(Cl)CSc1nnc(CCNC(=O)c2cccc3ccccc23)n1-c1ccc(F)cc1. The van der Waals surface area contributed by atoms with Gasteiger partial charge in [-0.15, -0.1) is 10.2 Å². The smallest absolute Gasteiger partial charge is 0.251 e. The van der Waals surface area contributed by atoms with E-state index in [1.165, 1.54) is 23.9 Å². The molecule has 1 heterocycles. The van der Waals surface area contributed by atoms with Gasteiger partial charge in [-0.1, -0.05) is 66.3 Å². The molecule has 0 aliphatic heterocycles. The average molecular weight is 467 g/mol. The molecule has 8 heteroatoms. The van der Waals surface area contributed by atoms with E-state index in [0.717, 1.165) is 16.5 Å². The van der Waals surface area contributed by atoms with Gasteiger partial charge in [-0.2, -0.15) is 0 Å². The van der Waals surface area contributed by atoms with E-state index in [-0.39, 0.29) is 11.7 Å². The number of thioether (sulfide) groups is 1. The molecule has 1 N–H and O–H groups in total. The highest BCUT2D eigenvalue weighted by atomic mass is 35.5. The first-order valence-corrected chi connectivity index (χ1v) is 11.3. The minimum absolute atomic E-state index is 0.150. The fraction of sp³-hybridized carbons (Fsp3) is 0.125. The summed E-state index contributed by atoms with van der Waals surface area (Å²) in [6, 6.07) is 19.5. The first-order valence-electron chi connectivity index (χ1n) is 9.95. The number of carbonyl (C=O) groups is 1. The number of fused-ring (bicyclic) bond motifs is 1. The molecule has 0 atom stereocenters. The summed E-state index contributed by atoms with van der Waals surface area (Å²) < 4.78 is 15.3. The lowest BCUT2D eigenvalue weighted by molar-refractivity contribution is 0.0955. The molecule has 0 radical (unpaired) electrons. The van der Waals surface area contributed by atoms with Crippen LogP contribution in [0.15, 0.2) is 83.5 Å². The van der Waals surface area contributed by atoms with Crippen LogP contribution >= 0.6 is 23.4 Å². The average Bonchev–Trinajstić information content (AvgIpc) is 3.20. The van der Waals surface area contributed by atoms with E-state index >= 15 is 0 Å². The van der Waals surface area contributed by atoms with E-state index in [1.54, 1.807) is 12.1 Å². The van der Waals surface area contributed by atoms with Crippen LogP contribution in [0.1, 0.15) is 16.2 Å². The van der Waals surface area contributed by atoms with Gasteiger partial charge in [0, 0.05) is 35.0 Å². The summed E-state index contributed by atoms with van der Waals surface area (Å²) in [7, 11) is 0. The second-order valence-electron chi connectivity index (χ2n) is 7.05. The summed E-state index contributed by atoms with van der Waals surface area (Å²) in [6.07, 6.45) is 0.448. The second kappa shape index (κ2) is 9.97. The summed E-state index contributed by atoms with van der Waals surface area (Å²) in [5.41, 5.74) is 1.36. The van der Waals surface area contributed by atoms with Crippen molar-refractivity contribution in [1.29, 1.82) is 0 Å². The zero-order valence-corrected chi connectivity index (χ0v) is 18.7. The molecule has 0 fully saturated rings. The Morgan fingerprint density at radius 3 is 2.59 bits per heavy atom. The van der Waals surface area contributed by atoms with Crippen molar-refractivity contribution in [3.05, 3.63) is 95.5 Å².